The molecule has 2 amide bonds. The summed E-state index contributed by atoms with van der Waals surface area (Å²) in [7, 11) is 0. The highest BCUT2D eigenvalue weighted by Gasteiger charge is 2.32. The number of carbonyl (C=O) groups is 2. The largest absolute Gasteiger partial charge is 0.341 e. The zero-order chi connectivity index (χ0) is 17.8. The predicted octanol–water partition coefficient (Wildman–Crippen LogP) is 2.22. The summed E-state index contributed by atoms with van der Waals surface area (Å²) in [5, 5.41) is 0. The molecule has 0 bridgehead atoms. The third-order valence-electron chi connectivity index (χ3n) is 5.80. The van der Waals surface area contributed by atoms with Gasteiger partial charge in [-0.05, 0) is 32.1 Å². The molecular formula is C19H30N4O2. The van der Waals surface area contributed by atoms with Crippen LogP contribution in [0.2, 0.25) is 0 Å². The van der Waals surface area contributed by atoms with Gasteiger partial charge in [0, 0.05) is 51.9 Å². The Hall–Kier alpha value is -1.85. The first kappa shape index (κ1) is 18.0. The van der Waals surface area contributed by atoms with Crippen LogP contribution in [0.5, 0.6) is 0 Å². The number of aryl methyl sites for hydroxylation is 1. The van der Waals surface area contributed by atoms with Crippen molar-refractivity contribution in [3.63, 3.8) is 0 Å². The van der Waals surface area contributed by atoms with Gasteiger partial charge in [-0.25, -0.2) is 4.98 Å². The molecular weight excluding hydrogens is 316 g/mol. The molecule has 1 aromatic heterocycles. The van der Waals surface area contributed by atoms with Crippen LogP contribution in [-0.4, -0.2) is 56.8 Å². The molecule has 6 nitrogen and oxygen atoms in total. The number of hydrogen-bond acceptors (Lipinski definition) is 3. The van der Waals surface area contributed by atoms with E-state index < -0.39 is 0 Å². The van der Waals surface area contributed by atoms with Gasteiger partial charge in [0.25, 0.3) is 0 Å². The number of imidazole rings is 1. The normalized spacial score (nSPS) is 21.0. The van der Waals surface area contributed by atoms with Gasteiger partial charge in [-0.1, -0.05) is 12.8 Å². The SMILES string of the molecule is CC(=O)N(CCn1ccnc1C)C1CCN(C(=O)CC2CCCC2)C1. The van der Waals surface area contributed by atoms with Crippen LogP contribution >= 0.6 is 0 Å². The topological polar surface area (TPSA) is 58.4 Å². The lowest BCUT2D eigenvalue weighted by atomic mass is 10.0. The van der Waals surface area contributed by atoms with Crippen LogP contribution < -0.4 is 0 Å². The van der Waals surface area contributed by atoms with Crippen molar-refractivity contribution in [3.8, 4) is 0 Å². The Morgan fingerprint density at radius 1 is 1.28 bits per heavy atom. The van der Waals surface area contributed by atoms with Crippen LogP contribution in [-0.2, 0) is 16.1 Å². The highest BCUT2D eigenvalue weighted by Crippen LogP contribution is 2.29. The van der Waals surface area contributed by atoms with Crippen LogP contribution in [0.25, 0.3) is 0 Å². The molecule has 0 spiro atoms. The number of aromatic nitrogens is 2. The Balaban J connectivity index is 1.53. The summed E-state index contributed by atoms with van der Waals surface area (Å²) in [4.78, 5) is 32.8. The highest BCUT2D eigenvalue weighted by atomic mass is 16.2. The van der Waals surface area contributed by atoms with E-state index in [4.69, 9.17) is 0 Å². The van der Waals surface area contributed by atoms with E-state index in [-0.39, 0.29) is 17.9 Å². The first-order valence-corrected chi connectivity index (χ1v) is 9.57. The lowest BCUT2D eigenvalue weighted by molar-refractivity contribution is -0.134. The van der Waals surface area contributed by atoms with E-state index in [2.05, 4.69) is 9.55 Å². The molecule has 1 saturated heterocycles. The van der Waals surface area contributed by atoms with E-state index in [1.54, 1.807) is 13.1 Å². The molecule has 1 aliphatic heterocycles. The zero-order valence-corrected chi connectivity index (χ0v) is 15.5. The van der Waals surface area contributed by atoms with Crippen molar-refractivity contribution in [1.29, 1.82) is 0 Å². The van der Waals surface area contributed by atoms with Gasteiger partial charge in [-0.2, -0.15) is 0 Å². The minimum Gasteiger partial charge on any atom is -0.341 e. The molecule has 1 aliphatic carbocycles. The maximum atomic E-state index is 12.5. The van der Waals surface area contributed by atoms with Gasteiger partial charge in [-0.3, -0.25) is 9.59 Å². The first-order valence-electron chi connectivity index (χ1n) is 9.57. The van der Waals surface area contributed by atoms with E-state index in [0.29, 0.717) is 25.4 Å². The van der Waals surface area contributed by atoms with Crippen LogP contribution in [0.4, 0.5) is 0 Å². The number of carbonyl (C=O) groups excluding carboxylic acids is 2. The summed E-state index contributed by atoms with van der Waals surface area (Å²) < 4.78 is 2.06. The lowest BCUT2D eigenvalue weighted by Crippen LogP contribution is -2.43. The first-order chi connectivity index (χ1) is 12.0. The van der Waals surface area contributed by atoms with E-state index in [0.717, 1.165) is 25.3 Å². The van der Waals surface area contributed by atoms with Crippen molar-refractivity contribution in [2.24, 2.45) is 5.92 Å². The monoisotopic (exact) mass is 346 g/mol. The van der Waals surface area contributed by atoms with Crippen molar-refractivity contribution in [3.05, 3.63) is 18.2 Å². The zero-order valence-electron chi connectivity index (χ0n) is 15.5. The Labute approximate surface area is 150 Å². The maximum absolute atomic E-state index is 12.5. The third-order valence-corrected chi connectivity index (χ3v) is 5.80. The smallest absolute Gasteiger partial charge is 0.222 e. The third kappa shape index (κ3) is 4.41. The Morgan fingerprint density at radius 3 is 2.68 bits per heavy atom. The van der Waals surface area contributed by atoms with Gasteiger partial charge < -0.3 is 14.4 Å². The number of likely N-dealkylation sites (tertiary alicyclic amines) is 1. The fourth-order valence-electron chi connectivity index (χ4n) is 4.27. The standard InChI is InChI=1S/C19H30N4O2/c1-15-20-8-10-21(15)11-12-23(16(2)24)18-7-9-22(14-18)19(25)13-17-5-3-4-6-17/h8,10,17-18H,3-7,9,11-14H2,1-2H3. The number of rotatable bonds is 6. The quantitative estimate of drug-likeness (QED) is 0.793. The highest BCUT2D eigenvalue weighted by molar-refractivity contribution is 5.77. The van der Waals surface area contributed by atoms with E-state index in [9.17, 15) is 9.59 Å². The van der Waals surface area contributed by atoms with E-state index in [1.165, 1.54) is 25.7 Å². The van der Waals surface area contributed by atoms with Crippen molar-refractivity contribution >= 4 is 11.8 Å². The van der Waals surface area contributed by atoms with Crippen molar-refractivity contribution in [2.45, 2.75) is 65.0 Å². The summed E-state index contributed by atoms with van der Waals surface area (Å²) in [5.74, 6) is 1.92. The molecule has 0 radical (unpaired) electrons. The van der Waals surface area contributed by atoms with E-state index in [1.807, 2.05) is 22.9 Å². The molecule has 138 valence electrons. The summed E-state index contributed by atoms with van der Waals surface area (Å²) in [5.41, 5.74) is 0. The molecule has 2 fully saturated rings. The minimum atomic E-state index is 0.0906. The summed E-state index contributed by atoms with van der Waals surface area (Å²) in [6.45, 7) is 6.48. The van der Waals surface area contributed by atoms with Gasteiger partial charge in [0.05, 0.1) is 6.04 Å². The van der Waals surface area contributed by atoms with Gasteiger partial charge in [0.15, 0.2) is 0 Å². The molecule has 3 rings (SSSR count). The minimum absolute atomic E-state index is 0.0906. The molecule has 1 unspecified atom stereocenters. The summed E-state index contributed by atoms with van der Waals surface area (Å²) in [6.07, 6.45) is 10.3. The van der Waals surface area contributed by atoms with Gasteiger partial charge in [-0.15, -0.1) is 0 Å². The van der Waals surface area contributed by atoms with Crippen molar-refractivity contribution < 1.29 is 9.59 Å². The second kappa shape index (κ2) is 8.02. The Morgan fingerprint density at radius 2 is 2.04 bits per heavy atom. The second-order valence-electron chi connectivity index (χ2n) is 7.52. The lowest BCUT2D eigenvalue weighted by Gasteiger charge is -2.28. The number of hydrogen-bond donors (Lipinski definition) is 0. The molecule has 0 N–H and O–H groups in total. The fourth-order valence-corrected chi connectivity index (χ4v) is 4.27. The van der Waals surface area contributed by atoms with Crippen LogP contribution in [0, 0.1) is 12.8 Å². The molecule has 1 atom stereocenters. The predicted molar refractivity (Wildman–Crippen MR) is 95.9 cm³/mol. The molecule has 0 aromatic carbocycles. The molecule has 2 aliphatic rings. The number of amides is 2. The summed E-state index contributed by atoms with van der Waals surface area (Å²) >= 11 is 0. The van der Waals surface area contributed by atoms with Crippen LogP contribution in [0.3, 0.4) is 0 Å². The molecule has 2 heterocycles. The Bertz CT molecular complexity index is 606. The van der Waals surface area contributed by atoms with Crippen LogP contribution in [0.1, 0.15) is 51.3 Å². The second-order valence-corrected chi connectivity index (χ2v) is 7.52. The van der Waals surface area contributed by atoms with Crippen molar-refractivity contribution in [1.82, 2.24) is 19.4 Å². The fraction of sp³-hybridized carbons (Fsp3) is 0.737. The molecule has 1 aromatic rings. The van der Waals surface area contributed by atoms with Crippen molar-refractivity contribution in [2.75, 3.05) is 19.6 Å². The summed E-state index contributed by atoms with van der Waals surface area (Å²) in [6, 6.07) is 0.147. The Kier molecular flexibility index (Phi) is 5.76. The van der Waals surface area contributed by atoms with Gasteiger partial charge in [0.2, 0.25) is 11.8 Å². The van der Waals surface area contributed by atoms with E-state index >= 15 is 0 Å². The average molecular weight is 346 g/mol. The maximum Gasteiger partial charge on any atom is 0.222 e. The average Bonchev–Trinajstić information content (AvgIpc) is 3.30. The van der Waals surface area contributed by atoms with Gasteiger partial charge >= 0.3 is 0 Å². The number of nitrogens with zero attached hydrogens (tertiary/aromatic N) is 4. The molecule has 25 heavy (non-hydrogen) atoms. The van der Waals surface area contributed by atoms with Gasteiger partial charge in [0.1, 0.15) is 5.82 Å². The van der Waals surface area contributed by atoms with Crippen LogP contribution in [0.15, 0.2) is 12.4 Å². The molecule has 1 saturated carbocycles. The molecule has 6 heteroatoms.